The van der Waals surface area contributed by atoms with Crippen LogP contribution in [0.15, 0.2) is 24.3 Å². The highest BCUT2D eigenvalue weighted by Crippen LogP contribution is 2.38. The summed E-state index contributed by atoms with van der Waals surface area (Å²) >= 11 is 0. The van der Waals surface area contributed by atoms with Gasteiger partial charge in [-0.2, -0.15) is 0 Å². The van der Waals surface area contributed by atoms with Crippen molar-refractivity contribution in [2.24, 2.45) is 11.8 Å². The predicted molar refractivity (Wildman–Crippen MR) is 74.3 cm³/mol. The van der Waals surface area contributed by atoms with Gasteiger partial charge in [-0.1, -0.05) is 24.3 Å². The molecule has 1 saturated carbocycles. The van der Waals surface area contributed by atoms with E-state index < -0.39 is 0 Å². The molecule has 1 aliphatic heterocycles. The van der Waals surface area contributed by atoms with Crippen molar-refractivity contribution in [3.8, 4) is 0 Å². The van der Waals surface area contributed by atoms with Crippen LogP contribution < -0.4 is 17.0 Å². The highest BCUT2D eigenvalue weighted by atomic mass is 79.9. The topological polar surface area (TPSA) is 3.01 Å². The molecular weight excluding hydrogens is 298 g/mol. The van der Waals surface area contributed by atoms with Gasteiger partial charge in [-0.25, -0.2) is 4.58 Å². The highest BCUT2D eigenvalue weighted by molar-refractivity contribution is 5.87. The molecule has 0 radical (unpaired) electrons. The van der Waals surface area contributed by atoms with E-state index >= 15 is 0 Å². The second-order valence-corrected chi connectivity index (χ2v) is 6.27. The minimum Gasteiger partial charge on any atom is -1.00 e. The molecular formula is C17H22BrN. The quantitative estimate of drug-likeness (QED) is 0.595. The van der Waals surface area contributed by atoms with E-state index in [4.69, 9.17) is 0 Å². The molecule has 19 heavy (non-hydrogen) atoms. The fourth-order valence-corrected chi connectivity index (χ4v) is 4.42. The Morgan fingerprint density at radius 2 is 1.37 bits per heavy atom. The molecule has 1 nitrogen and oxygen atoms in total. The zero-order chi connectivity index (χ0) is 11.9. The fraction of sp³-hybridized carbons (Fsp3) is 0.588. The normalized spacial score (nSPS) is 28.8. The Kier molecular flexibility index (Phi) is 3.79. The number of halogens is 1. The number of fused-ring (bicyclic) bond motifs is 3. The van der Waals surface area contributed by atoms with E-state index in [2.05, 4.69) is 28.8 Å². The van der Waals surface area contributed by atoms with Gasteiger partial charge < -0.3 is 17.0 Å². The molecule has 2 heteroatoms. The summed E-state index contributed by atoms with van der Waals surface area (Å²) in [6.45, 7) is 2.66. The Morgan fingerprint density at radius 1 is 0.842 bits per heavy atom. The molecule has 0 N–H and O–H groups in total. The number of nitrogens with zero attached hydrogens (tertiary/aromatic N) is 1. The zero-order valence-electron chi connectivity index (χ0n) is 11.4. The van der Waals surface area contributed by atoms with Crippen molar-refractivity contribution in [3.05, 3.63) is 35.4 Å². The summed E-state index contributed by atoms with van der Waals surface area (Å²) in [5.74, 6) is 1.72. The summed E-state index contributed by atoms with van der Waals surface area (Å²) in [6, 6.07) is 9.15. The largest absolute Gasteiger partial charge is 1.00 e. The van der Waals surface area contributed by atoms with Crippen molar-refractivity contribution >= 4 is 5.71 Å². The van der Waals surface area contributed by atoms with Gasteiger partial charge in [0.25, 0.3) is 0 Å². The fourth-order valence-electron chi connectivity index (χ4n) is 4.42. The first-order valence-electron chi connectivity index (χ1n) is 7.60. The second kappa shape index (κ2) is 5.40. The smallest absolute Gasteiger partial charge is 0.159 e. The van der Waals surface area contributed by atoms with Crippen molar-refractivity contribution in [3.63, 3.8) is 0 Å². The Balaban J connectivity index is 0.00000110. The molecule has 4 rings (SSSR count). The molecule has 1 aromatic rings. The molecule has 102 valence electrons. The average molecular weight is 320 g/mol. The Bertz CT molecular complexity index is 463. The summed E-state index contributed by atoms with van der Waals surface area (Å²) in [6.07, 6.45) is 8.30. The van der Waals surface area contributed by atoms with Gasteiger partial charge in [-0.05, 0) is 36.8 Å². The maximum absolute atomic E-state index is 2.74. The first kappa shape index (κ1) is 13.4. The van der Waals surface area contributed by atoms with Gasteiger partial charge in [0.2, 0.25) is 0 Å². The summed E-state index contributed by atoms with van der Waals surface area (Å²) in [7, 11) is 0. The monoisotopic (exact) mass is 319 g/mol. The van der Waals surface area contributed by atoms with Gasteiger partial charge in [-0.3, -0.25) is 0 Å². The molecule has 0 amide bonds. The summed E-state index contributed by atoms with van der Waals surface area (Å²) < 4.78 is 2.74. The molecule has 0 aromatic heterocycles. The minimum atomic E-state index is 0. The van der Waals surface area contributed by atoms with Crippen LogP contribution in [-0.2, 0) is 12.8 Å². The maximum atomic E-state index is 2.74. The molecule has 1 saturated heterocycles. The van der Waals surface area contributed by atoms with Crippen molar-refractivity contribution in [2.75, 3.05) is 13.1 Å². The first-order valence-corrected chi connectivity index (χ1v) is 7.60. The van der Waals surface area contributed by atoms with Gasteiger partial charge >= 0.3 is 0 Å². The SMILES string of the molecule is [Br-].c1ccc2c(c1)CC1CCC(C2)C1=[N+]1CCCC1. The van der Waals surface area contributed by atoms with Gasteiger partial charge in [0.1, 0.15) is 13.1 Å². The molecule has 2 fully saturated rings. The van der Waals surface area contributed by atoms with E-state index in [0.29, 0.717) is 0 Å². The Morgan fingerprint density at radius 3 is 1.89 bits per heavy atom. The van der Waals surface area contributed by atoms with E-state index in [9.17, 15) is 0 Å². The molecule has 0 spiro atoms. The lowest BCUT2D eigenvalue weighted by atomic mass is 9.94. The van der Waals surface area contributed by atoms with Crippen LogP contribution >= 0.6 is 0 Å². The van der Waals surface area contributed by atoms with Crippen LogP contribution in [0.2, 0.25) is 0 Å². The highest BCUT2D eigenvalue weighted by Gasteiger charge is 2.42. The number of hydrogen-bond acceptors (Lipinski definition) is 0. The predicted octanol–water partition coefficient (Wildman–Crippen LogP) is 0.0627. The van der Waals surface area contributed by atoms with Crippen LogP contribution in [0.3, 0.4) is 0 Å². The molecule has 1 aromatic carbocycles. The van der Waals surface area contributed by atoms with Crippen molar-refractivity contribution in [1.29, 1.82) is 0 Å². The van der Waals surface area contributed by atoms with Crippen LogP contribution in [0.4, 0.5) is 0 Å². The lowest BCUT2D eigenvalue weighted by Crippen LogP contribution is -3.00. The van der Waals surface area contributed by atoms with Gasteiger partial charge in [0.15, 0.2) is 5.71 Å². The summed E-state index contributed by atoms with van der Waals surface area (Å²) in [4.78, 5) is 0. The van der Waals surface area contributed by atoms with Crippen molar-refractivity contribution in [2.45, 2.75) is 38.5 Å². The molecule has 2 aliphatic carbocycles. The van der Waals surface area contributed by atoms with E-state index in [-0.39, 0.29) is 17.0 Å². The van der Waals surface area contributed by atoms with Gasteiger partial charge in [-0.15, -0.1) is 0 Å². The number of hydrogen-bond donors (Lipinski definition) is 0. The van der Waals surface area contributed by atoms with Gasteiger partial charge in [0, 0.05) is 24.7 Å². The molecule has 2 bridgehead atoms. The first-order chi connectivity index (χ1) is 8.92. The molecule has 2 unspecified atom stereocenters. The Hall–Kier alpha value is -0.630. The maximum Gasteiger partial charge on any atom is 0.159 e. The molecule has 1 heterocycles. The molecule has 2 atom stereocenters. The third-order valence-corrected chi connectivity index (χ3v) is 5.22. The van der Waals surface area contributed by atoms with Crippen molar-refractivity contribution < 1.29 is 21.6 Å². The van der Waals surface area contributed by atoms with E-state index in [1.807, 2.05) is 5.71 Å². The number of rotatable bonds is 0. The zero-order valence-corrected chi connectivity index (χ0v) is 13.0. The third-order valence-electron chi connectivity index (χ3n) is 5.22. The average Bonchev–Trinajstić information content (AvgIpc) is 2.96. The third kappa shape index (κ3) is 2.29. The van der Waals surface area contributed by atoms with E-state index in [1.165, 1.54) is 51.6 Å². The van der Waals surface area contributed by atoms with Crippen molar-refractivity contribution in [1.82, 2.24) is 0 Å². The van der Waals surface area contributed by atoms with Crippen LogP contribution in [0.5, 0.6) is 0 Å². The van der Waals surface area contributed by atoms with Crippen LogP contribution in [0.25, 0.3) is 0 Å². The Labute approximate surface area is 126 Å². The summed E-state index contributed by atoms with van der Waals surface area (Å²) in [5, 5.41) is 0. The van der Waals surface area contributed by atoms with E-state index in [1.54, 1.807) is 11.1 Å². The van der Waals surface area contributed by atoms with Crippen LogP contribution in [-0.4, -0.2) is 23.4 Å². The van der Waals surface area contributed by atoms with Gasteiger partial charge in [0.05, 0.1) is 0 Å². The standard InChI is InChI=1S/C17H22N.BrH/c1-2-6-14-12-16-8-7-15(11-13(14)5-1)17(16)18-9-3-4-10-18;/h1-2,5-6,15-16H,3-4,7-12H2;1H/q+1;/p-1. The minimum absolute atomic E-state index is 0. The number of benzene rings is 1. The summed E-state index contributed by atoms with van der Waals surface area (Å²) in [5.41, 5.74) is 5.09. The lowest BCUT2D eigenvalue weighted by molar-refractivity contribution is -0.510. The second-order valence-electron chi connectivity index (χ2n) is 6.27. The molecule has 3 aliphatic rings. The lowest BCUT2D eigenvalue weighted by Gasteiger charge is -2.10. The van der Waals surface area contributed by atoms with E-state index in [0.717, 1.165) is 11.8 Å². The van der Waals surface area contributed by atoms with Crippen LogP contribution in [0.1, 0.15) is 36.8 Å². The van der Waals surface area contributed by atoms with Crippen LogP contribution in [0, 0.1) is 11.8 Å².